The smallest absolute Gasteiger partial charge is 0.122 e. The van der Waals surface area contributed by atoms with Crippen LogP contribution in [0.3, 0.4) is 0 Å². The van der Waals surface area contributed by atoms with E-state index in [1.54, 1.807) is 7.11 Å². The average Bonchev–Trinajstić information content (AvgIpc) is 2.64. The molecule has 3 rings (SSSR count). The van der Waals surface area contributed by atoms with Gasteiger partial charge in [-0.05, 0) is 65.8 Å². The van der Waals surface area contributed by atoms with Crippen molar-refractivity contribution < 1.29 is 4.74 Å². The molecule has 1 atom stereocenters. The first-order valence-corrected chi connectivity index (χ1v) is 9.40. The lowest BCUT2D eigenvalue weighted by Gasteiger charge is -2.41. The van der Waals surface area contributed by atoms with E-state index in [1.165, 1.54) is 16.8 Å². The molecule has 1 aliphatic rings. The molecule has 0 radical (unpaired) electrons. The molecule has 1 unspecified atom stereocenters. The van der Waals surface area contributed by atoms with Crippen molar-refractivity contribution in [1.82, 2.24) is 0 Å². The van der Waals surface area contributed by atoms with Gasteiger partial charge in [0.2, 0.25) is 0 Å². The van der Waals surface area contributed by atoms with Crippen LogP contribution in [0.4, 0.5) is 11.4 Å². The van der Waals surface area contributed by atoms with Gasteiger partial charge >= 0.3 is 0 Å². The van der Waals surface area contributed by atoms with Crippen LogP contribution in [0.2, 0.25) is 0 Å². The lowest BCUT2D eigenvalue weighted by Crippen LogP contribution is -2.35. The Morgan fingerprint density at radius 3 is 2.77 bits per heavy atom. The Morgan fingerprint density at radius 2 is 2.08 bits per heavy atom. The summed E-state index contributed by atoms with van der Waals surface area (Å²) in [5.41, 5.74) is 6.31. The van der Waals surface area contributed by atoms with E-state index in [0.29, 0.717) is 0 Å². The highest BCUT2D eigenvalue weighted by atomic mass is 16.5. The maximum atomic E-state index is 5.57. The first-order chi connectivity index (χ1) is 12.5. The minimum Gasteiger partial charge on any atom is -0.496 e. The molecule has 0 aliphatic carbocycles. The summed E-state index contributed by atoms with van der Waals surface area (Å²) < 4.78 is 5.57. The van der Waals surface area contributed by atoms with E-state index in [1.807, 2.05) is 7.05 Å². The second kappa shape index (κ2) is 7.45. The number of ether oxygens (including phenoxy) is 1. The molecular formula is C23H30N2O. The number of anilines is 2. The van der Waals surface area contributed by atoms with E-state index in [4.69, 9.17) is 4.74 Å². The largest absolute Gasteiger partial charge is 0.496 e. The normalized spacial score (nSPS) is 18.7. The number of allylic oxidation sites excluding steroid dienone is 1. The van der Waals surface area contributed by atoms with Gasteiger partial charge in [-0.25, -0.2) is 0 Å². The highest BCUT2D eigenvalue weighted by molar-refractivity contribution is 5.67. The Labute approximate surface area is 157 Å². The third-order valence-electron chi connectivity index (χ3n) is 5.24. The summed E-state index contributed by atoms with van der Waals surface area (Å²) in [4.78, 5) is 0. The summed E-state index contributed by atoms with van der Waals surface area (Å²) >= 11 is 0. The van der Waals surface area contributed by atoms with Gasteiger partial charge in [-0.3, -0.25) is 0 Å². The van der Waals surface area contributed by atoms with Gasteiger partial charge in [-0.1, -0.05) is 32.9 Å². The van der Waals surface area contributed by atoms with Crippen LogP contribution in [0.15, 0.2) is 48.5 Å². The first kappa shape index (κ1) is 18.4. The van der Waals surface area contributed by atoms with Crippen LogP contribution in [0.5, 0.6) is 0 Å². The zero-order chi connectivity index (χ0) is 18.7. The van der Waals surface area contributed by atoms with Crippen LogP contribution in [0.1, 0.15) is 49.9 Å². The Kier molecular flexibility index (Phi) is 5.26. The highest BCUT2D eigenvalue weighted by Gasteiger charge is 2.36. The van der Waals surface area contributed by atoms with E-state index in [9.17, 15) is 0 Å². The molecule has 0 aromatic heterocycles. The van der Waals surface area contributed by atoms with Crippen LogP contribution in [0, 0.1) is 5.41 Å². The highest BCUT2D eigenvalue weighted by Crippen LogP contribution is 2.45. The molecule has 138 valence electrons. The number of benzene rings is 2. The number of nitrogens with one attached hydrogen (secondary N) is 2. The molecular weight excluding hydrogens is 320 g/mol. The van der Waals surface area contributed by atoms with Crippen molar-refractivity contribution in [3.63, 3.8) is 0 Å². The Balaban J connectivity index is 1.96. The minimum atomic E-state index is 0.111. The zero-order valence-corrected chi connectivity index (χ0v) is 16.5. The molecule has 0 saturated heterocycles. The molecule has 1 heterocycles. The van der Waals surface area contributed by atoms with Gasteiger partial charge in [0.25, 0.3) is 0 Å². The van der Waals surface area contributed by atoms with Crippen LogP contribution in [-0.2, 0) is 11.2 Å². The fraction of sp³-hybridized carbons (Fsp3) is 0.391. The van der Waals surface area contributed by atoms with E-state index in [0.717, 1.165) is 29.9 Å². The predicted octanol–water partition coefficient (Wildman–Crippen LogP) is 5.86. The number of rotatable bonds is 5. The van der Waals surface area contributed by atoms with Gasteiger partial charge in [0, 0.05) is 24.0 Å². The Hall–Kier alpha value is -2.42. The average molecular weight is 351 g/mol. The second-order valence-corrected chi connectivity index (χ2v) is 7.67. The van der Waals surface area contributed by atoms with Crippen molar-refractivity contribution in [2.75, 3.05) is 24.8 Å². The molecule has 1 aliphatic heterocycles. The zero-order valence-electron chi connectivity index (χ0n) is 16.5. The van der Waals surface area contributed by atoms with Crippen molar-refractivity contribution in [1.29, 1.82) is 0 Å². The van der Waals surface area contributed by atoms with Crippen molar-refractivity contribution in [3.05, 3.63) is 65.2 Å². The van der Waals surface area contributed by atoms with Gasteiger partial charge in [0.1, 0.15) is 5.76 Å². The molecule has 26 heavy (non-hydrogen) atoms. The molecule has 2 aromatic carbocycles. The topological polar surface area (TPSA) is 33.3 Å². The van der Waals surface area contributed by atoms with E-state index in [2.05, 4.69) is 79.9 Å². The molecule has 3 nitrogen and oxygen atoms in total. The monoisotopic (exact) mass is 350 g/mol. The van der Waals surface area contributed by atoms with E-state index >= 15 is 0 Å². The summed E-state index contributed by atoms with van der Waals surface area (Å²) in [5, 5.41) is 7.03. The van der Waals surface area contributed by atoms with Gasteiger partial charge in [-0.2, -0.15) is 0 Å². The fourth-order valence-electron chi connectivity index (χ4n) is 3.89. The number of hydrogen-bond donors (Lipinski definition) is 2. The van der Waals surface area contributed by atoms with Crippen LogP contribution in [-0.4, -0.2) is 14.2 Å². The summed E-state index contributed by atoms with van der Waals surface area (Å²) in [7, 11) is 3.71. The summed E-state index contributed by atoms with van der Waals surface area (Å²) in [6.07, 6.45) is 4.13. The number of fused-ring (bicyclic) bond motifs is 1. The molecule has 0 saturated carbocycles. The standard InChI is InChI=1S/C23H30N2O/c1-6-8-21(26-5)16-11-12-20-18(13-16)15-23(2,3)22(25-20)17-9-7-10-19(14-17)24-4/h7-14,22,24-25H,6,15H2,1-5H3. The van der Waals surface area contributed by atoms with Crippen molar-refractivity contribution in [2.24, 2.45) is 5.41 Å². The van der Waals surface area contributed by atoms with E-state index in [-0.39, 0.29) is 11.5 Å². The minimum absolute atomic E-state index is 0.111. The van der Waals surface area contributed by atoms with Gasteiger partial charge in [0.05, 0.1) is 13.2 Å². The van der Waals surface area contributed by atoms with Gasteiger partial charge in [-0.15, -0.1) is 0 Å². The number of hydrogen-bond acceptors (Lipinski definition) is 3. The molecule has 2 N–H and O–H groups in total. The second-order valence-electron chi connectivity index (χ2n) is 7.67. The summed E-state index contributed by atoms with van der Waals surface area (Å²) in [5.74, 6) is 0.956. The Bertz CT molecular complexity index is 808. The summed E-state index contributed by atoms with van der Waals surface area (Å²) in [6, 6.07) is 15.6. The molecule has 0 spiro atoms. The molecule has 0 fully saturated rings. The molecule has 2 aromatic rings. The SMILES string of the molecule is CCC=C(OC)c1ccc2c(c1)CC(C)(C)C(c1cccc(NC)c1)N2. The molecule has 3 heteroatoms. The lowest BCUT2D eigenvalue weighted by molar-refractivity contribution is 0.295. The summed E-state index contributed by atoms with van der Waals surface area (Å²) in [6.45, 7) is 6.81. The van der Waals surface area contributed by atoms with Crippen molar-refractivity contribution in [2.45, 2.75) is 39.7 Å². The molecule has 0 bridgehead atoms. The van der Waals surface area contributed by atoms with E-state index < -0.39 is 0 Å². The molecule has 0 amide bonds. The van der Waals surface area contributed by atoms with Crippen LogP contribution in [0.25, 0.3) is 5.76 Å². The maximum absolute atomic E-state index is 5.57. The van der Waals surface area contributed by atoms with Gasteiger partial charge in [0.15, 0.2) is 0 Å². The maximum Gasteiger partial charge on any atom is 0.122 e. The van der Waals surface area contributed by atoms with Gasteiger partial charge < -0.3 is 15.4 Å². The fourth-order valence-corrected chi connectivity index (χ4v) is 3.89. The predicted molar refractivity (Wildman–Crippen MR) is 112 cm³/mol. The first-order valence-electron chi connectivity index (χ1n) is 9.40. The third-order valence-corrected chi connectivity index (χ3v) is 5.24. The third kappa shape index (κ3) is 3.57. The van der Waals surface area contributed by atoms with Crippen LogP contribution < -0.4 is 10.6 Å². The van der Waals surface area contributed by atoms with Crippen molar-refractivity contribution >= 4 is 17.1 Å². The van der Waals surface area contributed by atoms with Crippen molar-refractivity contribution in [3.8, 4) is 0 Å². The lowest BCUT2D eigenvalue weighted by atomic mass is 9.72. The van der Waals surface area contributed by atoms with Crippen LogP contribution >= 0.6 is 0 Å². The number of methoxy groups -OCH3 is 1. The Morgan fingerprint density at radius 1 is 1.27 bits per heavy atom. The quantitative estimate of drug-likeness (QED) is 0.663.